The Labute approximate surface area is 201 Å². The highest BCUT2D eigenvalue weighted by Crippen LogP contribution is 2.38. The summed E-state index contributed by atoms with van der Waals surface area (Å²) in [6.07, 6.45) is -0.302. The molecule has 2 aromatic carbocycles. The highest BCUT2D eigenvalue weighted by molar-refractivity contribution is 7.25. The van der Waals surface area contributed by atoms with E-state index in [0.717, 1.165) is 26.1 Å². The quantitative estimate of drug-likeness (QED) is 0.298. The average molecular weight is 478 g/mol. The van der Waals surface area contributed by atoms with Gasteiger partial charge < -0.3 is 19.3 Å². The molecule has 0 bridgehead atoms. The maximum atomic E-state index is 13.7. The summed E-state index contributed by atoms with van der Waals surface area (Å²) in [5, 5.41) is 2.18. The van der Waals surface area contributed by atoms with Gasteiger partial charge in [-0.25, -0.2) is 9.78 Å². The number of ether oxygens (including phenoxy) is 2. The molecule has 0 radical (unpaired) electrons. The van der Waals surface area contributed by atoms with Gasteiger partial charge in [0.15, 0.2) is 5.43 Å². The van der Waals surface area contributed by atoms with Gasteiger partial charge in [0.25, 0.3) is 0 Å². The van der Waals surface area contributed by atoms with Crippen molar-refractivity contribution in [2.75, 3.05) is 38.2 Å². The molecule has 176 valence electrons. The molecule has 7 nitrogen and oxygen atoms in total. The van der Waals surface area contributed by atoms with Crippen LogP contribution < -0.4 is 15.1 Å². The van der Waals surface area contributed by atoms with Gasteiger partial charge >= 0.3 is 6.09 Å². The minimum Gasteiger partial charge on any atom is -0.495 e. The lowest BCUT2D eigenvalue weighted by atomic mass is 10.1. The van der Waals surface area contributed by atoms with Crippen molar-refractivity contribution in [3.05, 3.63) is 52.7 Å². The Morgan fingerprint density at radius 2 is 1.68 bits per heavy atom. The van der Waals surface area contributed by atoms with Crippen molar-refractivity contribution in [2.45, 2.75) is 26.4 Å². The van der Waals surface area contributed by atoms with E-state index < -0.39 is 5.60 Å². The van der Waals surface area contributed by atoms with Crippen molar-refractivity contribution in [3.8, 4) is 5.75 Å². The molecule has 1 aliphatic rings. The second-order valence-corrected chi connectivity index (χ2v) is 10.4. The van der Waals surface area contributed by atoms with Crippen LogP contribution in [0.4, 0.5) is 10.6 Å². The minimum absolute atomic E-state index is 0.0186. The Morgan fingerprint density at radius 3 is 2.38 bits per heavy atom. The average Bonchev–Trinajstić information content (AvgIpc) is 2.82. The highest BCUT2D eigenvalue weighted by atomic mass is 32.1. The Balaban J connectivity index is 1.63. The number of benzene rings is 2. The molecular weight excluding hydrogens is 450 g/mol. The van der Waals surface area contributed by atoms with Crippen LogP contribution in [0.2, 0.25) is 0 Å². The van der Waals surface area contributed by atoms with Gasteiger partial charge in [-0.05, 0) is 39.0 Å². The maximum absolute atomic E-state index is 13.7. The minimum atomic E-state index is -0.531. The van der Waals surface area contributed by atoms with Gasteiger partial charge in [0.2, 0.25) is 0 Å². The molecule has 0 atom stereocenters. The van der Waals surface area contributed by atoms with Gasteiger partial charge in [0.05, 0.1) is 27.4 Å². The van der Waals surface area contributed by atoms with E-state index in [1.54, 1.807) is 12.0 Å². The number of fused-ring (bicyclic) bond motifs is 4. The summed E-state index contributed by atoms with van der Waals surface area (Å²) in [5.74, 6) is 1.45. The van der Waals surface area contributed by atoms with Crippen molar-refractivity contribution in [3.63, 3.8) is 0 Å². The van der Waals surface area contributed by atoms with Crippen LogP contribution in [-0.4, -0.2) is 54.9 Å². The number of aromatic nitrogens is 1. The number of hydrogen-bond donors (Lipinski definition) is 0. The predicted molar refractivity (Wildman–Crippen MR) is 137 cm³/mol. The van der Waals surface area contributed by atoms with E-state index in [1.807, 2.05) is 63.2 Å². The normalized spacial score (nSPS) is 14.7. The Hall–Kier alpha value is -3.39. The number of carbonyl (C=O) groups is 1. The smallest absolute Gasteiger partial charge is 0.410 e. The van der Waals surface area contributed by atoms with Crippen molar-refractivity contribution < 1.29 is 14.3 Å². The van der Waals surface area contributed by atoms with Crippen LogP contribution in [-0.2, 0) is 4.74 Å². The summed E-state index contributed by atoms with van der Waals surface area (Å²) in [7, 11) is 1.62. The number of piperazine rings is 1. The van der Waals surface area contributed by atoms with E-state index in [9.17, 15) is 9.59 Å². The largest absolute Gasteiger partial charge is 0.495 e. The van der Waals surface area contributed by atoms with Gasteiger partial charge in [-0.3, -0.25) is 4.79 Å². The fraction of sp³-hybridized carbons (Fsp3) is 0.346. The first-order valence-corrected chi connectivity index (χ1v) is 12.1. The van der Waals surface area contributed by atoms with Gasteiger partial charge in [-0.15, -0.1) is 11.3 Å². The number of para-hydroxylation sites is 1. The molecule has 2 aromatic heterocycles. The third-order valence-corrected chi connectivity index (χ3v) is 7.15. The second-order valence-electron chi connectivity index (χ2n) is 9.38. The lowest BCUT2D eigenvalue weighted by Crippen LogP contribution is -2.50. The number of anilines is 1. The Bertz CT molecular complexity index is 1470. The summed E-state index contributed by atoms with van der Waals surface area (Å²) >= 11 is 1.53. The molecule has 0 saturated carbocycles. The number of pyridine rings is 1. The van der Waals surface area contributed by atoms with Crippen molar-refractivity contribution in [1.82, 2.24) is 9.88 Å². The molecular formula is C26H27N3O4S. The maximum Gasteiger partial charge on any atom is 0.410 e. The SMILES string of the molecule is COc1cccc2c(=O)c3c(sc12)c(N1CCN(C(=O)OC(C)(C)C)CC1)nc1ccccc13. The zero-order valence-corrected chi connectivity index (χ0v) is 20.6. The van der Waals surface area contributed by atoms with Gasteiger partial charge in [0.1, 0.15) is 17.2 Å². The van der Waals surface area contributed by atoms with E-state index in [1.165, 1.54) is 11.3 Å². The van der Waals surface area contributed by atoms with E-state index >= 15 is 0 Å². The van der Waals surface area contributed by atoms with Gasteiger partial charge in [-0.1, -0.05) is 24.3 Å². The standard InChI is InChI=1S/C26H27N3O4S/c1-26(2,3)33-25(31)29-14-12-28(13-15-29)24-23-20(16-8-5-6-10-18(16)27-24)21(30)17-9-7-11-19(32-4)22(17)34-23/h5-11H,12-15H2,1-4H3. The molecule has 0 spiro atoms. The zero-order valence-electron chi connectivity index (χ0n) is 19.8. The lowest BCUT2D eigenvalue weighted by molar-refractivity contribution is 0.0240. The fourth-order valence-corrected chi connectivity index (χ4v) is 5.64. The number of carbonyl (C=O) groups excluding carboxylic acids is 1. The molecule has 0 N–H and O–H groups in total. The summed E-state index contributed by atoms with van der Waals surface area (Å²) in [4.78, 5) is 35.1. The van der Waals surface area contributed by atoms with Crippen molar-refractivity contribution >= 4 is 54.3 Å². The molecule has 4 aromatic rings. The van der Waals surface area contributed by atoms with Crippen molar-refractivity contribution in [2.24, 2.45) is 0 Å². The zero-order chi connectivity index (χ0) is 24.0. The van der Waals surface area contributed by atoms with Gasteiger partial charge in [0, 0.05) is 37.0 Å². The monoisotopic (exact) mass is 477 g/mol. The van der Waals surface area contributed by atoms with Crippen LogP contribution in [0.3, 0.4) is 0 Å². The number of rotatable bonds is 2. The van der Waals surface area contributed by atoms with E-state index in [-0.39, 0.29) is 11.5 Å². The second kappa shape index (κ2) is 8.43. The van der Waals surface area contributed by atoms with Crippen LogP contribution >= 0.6 is 11.3 Å². The first-order chi connectivity index (χ1) is 16.3. The summed E-state index contributed by atoms with van der Waals surface area (Å²) in [6, 6.07) is 13.3. The molecule has 0 aliphatic carbocycles. The molecule has 8 heteroatoms. The predicted octanol–water partition coefficient (Wildman–Crippen LogP) is 5.03. The molecule has 1 fully saturated rings. The fourth-order valence-electron chi connectivity index (χ4n) is 4.34. The van der Waals surface area contributed by atoms with Crippen molar-refractivity contribution in [1.29, 1.82) is 0 Å². The molecule has 1 saturated heterocycles. The molecule has 34 heavy (non-hydrogen) atoms. The van der Waals surface area contributed by atoms with Gasteiger partial charge in [-0.2, -0.15) is 0 Å². The first-order valence-electron chi connectivity index (χ1n) is 11.3. The first kappa shape index (κ1) is 22.4. The molecule has 5 rings (SSSR count). The number of nitrogens with zero attached hydrogens (tertiary/aromatic N) is 3. The van der Waals surface area contributed by atoms with E-state index in [2.05, 4.69) is 4.90 Å². The van der Waals surface area contributed by atoms with E-state index in [4.69, 9.17) is 14.5 Å². The highest BCUT2D eigenvalue weighted by Gasteiger charge is 2.28. The van der Waals surface area contributed by atoms with E-state index in [0.29, 0.717) is 42.7 Å². The molecule has 0 unspecified atom stereocenters. The summed E-state index contributed by atoms with van der Waals surface area (Å²) in [5.41, 5.74) is 0.234. The van der Waals surface area contributed by atoms with Crippen LogP contribution in [0.5, 0.6) is 5.75 Å². The number of methoxy groups -OCH3 is 1. The van der Waals surface area contributed by atoms with Crippen LogP contribution in [0.15, 0.2) is 47.3 Å². The van der Waals surface area contributed by atoms with Crippen LogP contribution in [0, 0.1) is 0 Å². The Kier molecular flexibility index (Phi) is 5.56. The third-order valence-electron chi connectivity index (χ3n) is 5.94. The molecule has 1 aliphatic heterocycles. The molecule has 3 heterocycles. The lowest BCUT2D eigenvalue weighted by Gasteiger charge is -2.36. The third kappa shape index (κ3) is 3.92. The Morgan fingerprint density at radius 1 is 0.971 bits per heavy atom. The number of amides is 1. The summed E-state index contributed by atoms with van der Waals surface area (Å²) < 4.78 is 12.8. The number of hydrogen-bond acceptors (Lipinski definition) is 7. The topological polar surface area (TPSA) is 72.0 Å². The summed E-state index contributed by atoms with van der Waals surface area (Å²) in [6.45, 7) is 7.86. The van der Waals surface area contributed by atoms with Crippen LogP contribution in [0.1, 0.15) is 20.8 Å². The van der Waals surface area contributed by atoms with Crippen LogP contribution in [0.25, 0.3) is 31.1 Å². The molecule has 1 amide bonds.